The molecule has 19 heavy (non-hydrogen) atoms. The van der Waals surface area contributed by atoms with E-state index in [1.165, 1.54) is 5.56 Å². The minimum atomic E-state index is -0.202. The molecule has 1 aromatic rings. The van der Waals surface area contributed by atoms with E-state index in [1.807, 2.05) is 0 Å². The van der Waals surface area contributed by atoms with Crippen molar-refractivity contribution in [1.82, 2.24) is 0 Å². The molecule has 3 aliphatic heterocycles. The van der Waals surface area contributed by atoms with Crippen LogP contribution >= 0.6 is 0 Å². The van der Waals surface area contributed by atoms with Crippen LogP contribution in [0.15, 0.2) is 23.4 Å². The molecule has 0 aliphatic carbocycles. The van der Waals surface area contributed by atoms with E-state index in [0.717, 1.165) is 55.9 Å². The van der Waals surface area contributed by atoms with Crippen molar-refractivity contribution in [2.24, 2.45) is 5.16 Å². The number of ether oxygens (including phenoxy) is 2. The smallest absolute Gasteiger partial charge is 0.168 e. The van der Waals surface area contributed by atoms with Crippen molar-refractivity contribution >= 4 is 5.71 Å². The Hall–Kier alpha value is -1.55. The highest BCUT2D eigenvalue weighted by molar-refractivity contribution is 6.02. The van der Waals surface area contributed by atoms with Crippen LogP contribution in [-0.4, -0.2) is 31.1 Å². The zero-order valence-corrected chi connectivity index (χ0v) is 10.9. The standard InChI is InChI=1S/C15H17NO3/c1-2-11-3-4-12(8-14(11)18-6-1)13-9-15(19-16-13)5-7-17-10-15/h3-4,8H,1-2,5-7,9-10H2. The van der Waals surface area contributed by atoms with Crippen LogP contribution < -0.4 is 4.74 Å². The Morgan fingerprint density at radius 2 is 2.21 bits per heavy atom. The lowest BCUT2D eigenvalue weighted by molar-refractivity contribution is -0.0237. The molecule has 1 fully saturated rings. The molecule has 0 aromatic heterocycles. The Balaban J connectivity index is 1.60. The molecule has 3 heterocycles. The van der Waals surface area contributed by atoms with Gasteiger partial charge >= 0.3 is 0 Å². The molecule has 1 saturated heterocycles. The summed E-state index contributed by atoms with van der Waals surface area (Å²) in [5, 5.41) is 4.27. The number of fused-ring (bicyclic) bond motifs is 1. The number of oxime groups is 1. The average molecular weight is 259 g/mol. The summed E-state index contributed by atoms with van der Waals surface area (Å²) in [6, 6.07) is 6.39. The molecule has 1 aromatic carbocycles. The van der Waals surface area contributed by atoms with Gasteiger partial charge in [-0.15, -0.1) is 0 Å². The van der Waals surface area contributed by atoms with Gasteiger partial charge in [-0.25, -0.2) is 0 Å². The van der Waals surface area contributed by atoms with E-state index in [2.05, 4.69) is 23.4 Å². The fourth-order valence-corrected chi connectivity index (χ4v) is 3.00. The predicted molar refractivity (Wildman–Crippen MR) is 70.7 cm³/mol. The summed E-state index contributed by atoms with van der Waals surface area (Å²) in [6.45, 7) is 2.24. The lowest BCUT2D eigenvalue weighted by atomic mass is 9.92. The first-order chi connectivity index (χ1) is 9.35. The predicted octanol–water partition coefficient (Wildman–Crippen LogP) is 2.30. The minimum Gasteiger partial charge on any atom is -0.493 e. The zero-order valence-electron chi connectivity index (χ0n) is 10.9. The Kier molecular flexibility index (Phi) is 2.52. The molecule has 4 heteroatoms. The van der Waals surface area contributed by atoms with E-state index >= 15 is 0 Å². The second-order valence-corrected chi connectivity index (χ2v) is 5.57. The number of aryl methyl sites for hydroxylation is 1. The van der Waals surface area contributed by atoms with E-state index in [1.54, 1.807) is 0 Å². The van der Waals surface area contributed by atoms with Gasteiger partial charge in [0.2, 0.25) is 0 Å². The monoisotopic (exact) mass is 259 g/mol. The van der Waals surface area contributed by atoms with Gasteiger partial charge in [-0.2, -0.15) is 0 Å². The van der Waals surface area contributed by atoms with Crippen LogP contribution in [0.4, 0.5) is 0 Å². The quantitative estimate of drug-likeness (QED) is 0.777. The van der Waals surface area contributed by atoms with E-state index in [0.29, 0.717) is 6.61 Å². The molecule has 4 rings (SSSR count). The molecule has 1 unspecified atom stereocenters. The van der Waals surface area contributed by atoms with Gasteiger partial charge in [-0.3, -0.25) is 0 Å². The summed E-state index contributed by atoms with van der Waals surface area (Å²) in [6.07, 6.45) is 3.99. The van der Waals surface area contributed by atoms with Gasteiger partial charge < -0.3 is 14.3 Å². The number of nitrogens with zero attached hydrogens (tertiary/aromatic N) is 1. The summed E-state index contributed by atoms with van der Waals surface area (Å²) in [7, 11) is 0. The van der Waals surface area contributed by atoms with Crippen molar-refractivity contribution in [2.75, 3.05) is 19.8 Å². The number of hydrogen-bond donors (Lipinski definition) is 0. The van der Waals surface area contributed by atoms with Crippen LogP contribution in [0.3, 0.4) is 0 Å². The molecular formula is C15H17NO3. The van der Waals surface area contributed by atoms with Crippen molar-refractivity contribution in [1.29, 1.82) is 0 Å². The highest BCUT2D eigenvalue weighted by atomic mass is 16.7. The highest BCUT2D eigenvalue weighted by Crippen LogP contribution is 2.35. The molecule has 0 amide bonds. The number of hydrogen-bond acceptors (Lipinski definition) is 4. The van der Waals surface area contributed by atoms with Crippen molar-refractivity contribution < 1.29 is 14.3 Å². The molecule has 0 bridgehead atoms. The highest BCUT2D eigenvalue weighted by Gasteiger charge is 2.43. The van der Waals surface area contributed by atoms with Gasteiger partial charge in [0.25, 0.3) is 0 Å². The van der Waals surface area contributed by atoms with Crippen LogP contribution in [0.25, 0.3) is 0 Å². The third-order valence-corrected chi connectivity index (χ3v) is 4.15. The van der Waals surface area contributed by atoms with Gasteiger partial charge in [0, 0.05) is 18.4 Å². The van der Waals surface area contributed by atoms with E-state index in [9.17, 15) is 0 Å². The van der Waals surface area contributed by atoms with Crippen LogP contribution in [0.5, 0.6) is 5.75 Å². The second kappa shape index (κ2) is 4.23. The molecule has 0 radical (unpaired) electrons. The Morgan fingerprint density at radius 1 is 1.21 bits per heavy atom. The fraction of sp³-hybridized carbons (Fsp3) is 0.533. The SMILES string of the molecule is c1cc2c(cc1C1=NOC3(CCOC3)C1)OCCC2. The normalized spacial score (nSPS) is 28.7. The van der Waals surface area contributed by atoms with Gasteiger partial charge in [0.1, 0.15) is 5.75 Å². The lowest BCUT2D eigenvalue weighted by Crippen LogP contribution is -2.29. The number of benzene rings is 1. The minimum absolute atomic E-state index is 0.202. The third kappa shape index (κ3) is 1.91. The second-order valence-electron chi connectivity index (χ2n) is 5.57. The van der Waals surface area contributed by atoms with Crippen LogP contribution in [0.1, 0.15) is 30.4 Å². The molecule has 1 atom stereocenters. The van der Waals surface area contributed by atoms with Crippen LogP contribution in [0.2, 0.25) is 0 Å². The lowest BCUT2D eigenvalue weighted by Gasteiger charge is -2.18. The summed E-state index contributed by atoms with van der Waals surface area (Å²) in [5.74, 6) is 1.01. The molecular weight excluding hydrogens is 242 g/mol. The van der Waals surface area contributed by atoms with E-state index < -0.39 is 0 Å². The number of rotatable bonds is 1. The van der Waals surface area contributed by atoms with E-state index in [-0.39, 0.29) is 5.60 Å². The van der Waals surface area contributed by atoms with Crippen LogP contribution in [0, 0.1) is 0 Å². The zero-order chi connectivity index (χ0) is 12.7. The summed E-state index contributed by atoms with van der Waals surface area (Å²) in [5.41, 5.74) is 3.23. The first kappa shape index (κ1) is 11.3. The maximum absolute atomic E-state index is 5.72. The van der Waals surface area contributed by atoms with Gasteiger partial charge in [0.15, 0.2) is 5.60 Å². The molecule has 1 spiro atoms. The summed E-state index contributed by atoms with van der Waals surface area (Å²) >= 11 is 0. The molecule has 3 aliphatic rings. The maximum Gasteiger partial charge on any atom is 0.168 e. The Bertz CT molecular complexity index is 532. The first-order valence-electron chi connectivity index (χ1n) is 6.94. The van der Waals surface area contributed by atoms with Gasteiger partial charge in [0.05, 0.1) is 25.5 Å². The van der Waals surface area contributed by atoms with Crippen molar-refractivity contribution in [3.8, 4) is 5.75 Å². The van der Waals surface area contributed by atoms with Crippen LogP contribution in [-0.2, 0) is 16.0 Å². The largest absolute Gasteiger partial charge is 0.493 e. The third-order valence-electron chi connectivity index (χ3n) is 4.15. The van der Waals surface area contributed by atoms with Gasteiger partial charge in [-0.05, 0) is 24.5 Å². The van der Waals surface area contributed by atoms with Crippen molar-refractivity contribution in [3.05, 3.63) is 29.3 Å². The molecule has 100 valence electrons. The molecule has 0 saturated carbocycles. The Morgan fingerprint density at radius 3 is 3.11 bits per heavy atom. The fourth-order valence-electron chi connectivity index (χ4n) is 3.00. The van der Waals surface area contributed by atoms with Gasteiger partial charge in [-0.1, -0.05) is 17.3 Å². The maximum atomic E-state index is 5.72. The Labute approximate surface area is 112 Å². The first-order valence-corrected chi connectivity index (χ1v) is 6.94. The summed E-state index contributed by atoms with van der Waals surface area (Å²) < 4.78 is 11.2. The topological polar surface area (TPSA) is 40.0 Å². The molecule has 4 nitrogen and oxygen atoms in total. The summed E-state index contributed by atoms with van der Waals surface area (Å²) in [4.78, 5) is 5.63. The average Bonchev–Trinajstić information content (AvgIpc) is 3.09. The van der Waals surface area contributed by atoms with Crippen molar-refractivity contribution in [2.45, 2.75) is 31.3 Å². The molecule has 0 N–H and O–H groups in total. The van der Waals surface area contributed by atoms with E-state index in [4.69, 9.17) is 14.3 Å². The van der Waals surface area contributed by atoms with Crippen molar-refractivity contribution in [3.63, 3.8) is 0 Å².